The summed E-state index contributed by atoms with van der Waals surface area (Å²) in [7, 11) is -4.94. The molecule has 0 amide bonds. The van der Waals surface area contributed by atoms with Gasteiger partial charge in [-0.3, -0.25) is 0 Å². The molecule has 2 aromatic rings. The van der Waals surface area contributed by atoms with E-state index in [-0.39, 0.29) is 0 Å². The van der Waals surface area contributed by atoms with Crippen LogP contribution < -0.4 is 23.0 Å². The summed E-state index contributed by atoms with van der Waals surface area (Å²) in [5, 5.41) is 0. The van der Waals surface area contributed by atoms with Crippen molar-refractivity contribution in [1.29, 1.82) is 0 Å². The first kappa shape index (κ1) is 14.7. The Morgan fingerprint density at radius 1 is 1.06 bits per heavy atom. The third kappa shape index (κ3) is 4.91. The zero-order chi connectivity index (χ0) is 13.9. The van der Waals surface area contributed by atoms with Crippen molar-refractivity contribution in [2.24, 2.45) is 0 Å². The molecular formula is C11H13ClN2O4. The lowest BCUT2D eigenvalue weighted by Crippen LogP contribution is -2.68. The summed E-state index contributed by atoms with van der Waals surface area (Å²) in [6.07, 6.45) is 2.11. The van der Waals surface area contributed by atoms with Crippen LogP contribution in [-0.4, -0.2) is 4.98 Å². The average Bonchev–Trinajstić information content (AvgIpc) is 2.16. The van der Waals surface area contributed by atoms with Crippen molar-refractivity contribution in [2.45, 2.75) is 20.8 Å². The first-order valence-corrected chi connectivity index (χ1v) is 6.28. The molecule has 0 fully saturated rings. The number of hydrogen-bond acceptors (Lipinski definition) is 5. The highest BCUT2D eigenvalue weighted by Crippen LogP contribution is 2.01. The Labute approximate surface area is 107 Å². The van der Waals surface area contributed by atoms with Gasteiger partial charge in [-0.15, -0.1) is 10.2 Å². The molecule has 0 bridgehead atoms. The fourth-order valence-corrected chi connectivity index (χ4v) is 1.56. The van der Waals surface area contributed by atoms with Gasteiger partial charge < -0.3 is 0 Å². The third-order valence-electron chi connectivity index (χ3n) is 2.16. The van der Waals surface area contributed by atoms with Crippen molar-refractivity contribution in [3.8, 4) is 0 Å². The van der Waals surface area contributed by atoms with Gasteiger partial charge in [0.1, 0.15) is 5.69 Å². The topological polar surface area (TPSA) is 109 Å². The summed E-state index contributed by atoms with van der Waals surface area (Å²) >= 11 is 0. The largest absolute Gasteiger partial charge is 0.328 e. The van der Waals surface area contributed by atoms with Crippen molar-refractivity contribution in [3.63, 3.8) is 0 Å². The molecule has 0 aliphatic rings. The molecule has 0 radical (unpaired) electrons. The number of aromatic nitrogens is 2. The van der Waals surface area contributed by atoms with Crippen LogP contribution in [0, 0.1) is 31.0 Å². The lowest BCUT2D eigenvalue weighted by molar-refractivity contribution is -2.00. The molecular weight excluding hydrogens is 260 g/mol. The number of aryl methyl sites for hydroxylation is 3. The normalized spacial score (nSPS) is 11.1. The highest BCUT2D eigenvalue weighted by atomic mass is 35.7. The Kier molecular flexibility index (Phi) is 4.55. The van der Waals surface area contributed by atoms with Crippen LogP contribution in [0.2, 0.25) is 0 Å². The number of rotatable bonds is 0. The monoisotopic (exact) mass is 272 g/mol. The van der Waals surface area contributed by atoms with E-state index in [2.05, 4.69) is 47.6 Å². The molecule has 0 aliphatic heterocycles. The Morgan fingerprint density at radius 2 is 1.61 bits per heavy atom. The zero-order valence-corrected chi connectivity index (χ0v) is 11.0. The highest BCUT2D eigenvalue weighted by Gasteiger charge is 2.07. The number of pyridine rings is 1. The van der Waals surface area contributed by atoms with Gasteiger partial charge in [0, 0.05) is 19.1 Å². The van der Waals surface area contributed by atoms with Gasteiger partial charge in [0.2, 0.25) is 0 Å². The number of fused-ring (bicyclic) bond motifs is 1. The molecule has 18 heavy (non-hydrogen) atoms. The van der Waals surface area contributed by atoms with Gasteiger partial charge in [0.25, 0.3) is 0 Å². The number of nitrogens with zero attached hydrogens (tertiary/aromatic N) is 2. The maximum absolute atomic E-state index is 8.49. The second-order valence-corrected chi connectivity index (χ2v) is 4.61. The smallest absolute Gasteiger partial charge is 0.222 e. The maximum Gasteiger partial charge on any atom is 0.328 e. The second kappa shape index (κ2) is 5.55. The van der Waals surface area contributed by atoms with Crippen LogP contribution in [0.1, 0.15) is 17.0 Å². The standard InChI is InChI=1S/C11H13N2.ClHO4/c1-8-4-5-11-12-9(2)6-10(3)13(11)7-8;2-1(3,4)5/h4-7H,1-3H3;(H,2,3,4,5)/q+1;/p-1. The highest BCUT2D eigenvalue weighted by molar-refractivity contribution is 5.31. The van der Waals surface area contributed by atoms with E-state index in [0.29, 0.717) is 0 Å². The second-order valence-electron chi connectivity index (χ2n) is 3.85. The molecule has 0 spiro atoms. The van der Waals surface area contributed by atoms with Crippen LogP contribution in [0.5, 0.6) is 0 Å². The molecule has 2 rings (SSSR count). The van der Waals surface area contributed by atoms with Crippen LogP contribution in [-0.2, 0) is 0 Å². The van der Waals surface area contributed by atoms with E-state index in [4.69, 9.17) is 18.6 Å². The van der Waals surface area contributed by atoms with Gasteiger partial charge in [-0.05, 0) is 30.5 Å². The fraction of sp³-hybridized carbons (Fsp3) is 0.273. The first-order valence-electron chi connectivity index (χ1n) is 5.05. The lowest BCUT2D eigenvalue weighted by atomic mass is 10.3. The number of hydrogen-bond donors (Lipinski definition) is 0. The first-order chi connectivity index (χ1) is 8.16. The van der Waals surface area contributed by atoms with Crippen molar-refractivity contribution in [1.82, 2.24) is 4.98 Å². The predicted molar refractivity (Wildman–Crippen MR) is 51.6 cm³/mol. The molecule has 0 unspecified atom stereocenters. The Morgan fingerprint density at radius 3 is 2.17 bits per heavy atom. The zero-order valence-electron chi connectivity index (χ0n) is 10.2. The Balaban J connectivity index is 0.000000280. The molecule has 2 aromatic heterocycles. The molecule has 0 saturated carbocycles. The van der Waals surface area contributed by atoms with Crippen LogP contribution >= 0.6 is 0 Å². The lowest BCUT2D eigenvalue weighted by Gasteiger charge is -2.17. The third-order valence-corrected chi connectivity index (χ3v) is 2.16. The van der Waals surface area contributed by atoms with Gasteiger partial charge in [-0.1, -0.05) is 0 Å². The summed E-state index contributed by atoms with van der Waals surface area (Å²) < 4.78 is 36.1. The minimum Gasteiger partial charge on any atom is -0.222 e. The van der Waals surface area contributed by atoms with Crippen molar-refractivity contribution in [3.05, 3.63) is 41.3 Å². The van der Waals surface area contributed by atoms with Gasteiger partial charge in [-0.2, -0.15) is 0 Å². The summed E-state index contributed by atoms with van der Waals surface area (Å²) in [6, 6.07) is 6.23. The summed E-state index contributed by atoms with van der Waals surface area (Å²) in [4.78, 5) is 4.44. The van der Waals surface area contributed by atoms with Gasteiger partial charge in [0.05, 0.1) is 6.20 Å². The summed E-state index contributed by atoms with van der Waals surface area (Å²) in [5.41, 5.74) is 4.57. The average molecular weight is 273 g/mol. The van der Waals surface area contributed by atoms with Gasteiger partial charge in [-0.25, -0.2) is 23.0 Å². The van der Waals surface area contributed by atoms with Crippen molar-refractivity contribution < 1.29 is 33.3 Å². The molecule has 0 saturated heterocycles. The minimum atomic E-state index is -4.94. The number of halogens is 1. The molecule has 0 N–H and O–H groups in total. The van der Waals surface area contributed by atoms with Crippen molar-refractivity contribution in [2.75, 3.05) is 0 Å². The van der Waals surface area contributed by atoms with E-state index in [9.17, 15) is 0 Å². The molecule has 2 heterocycles. The van der Waals surface area contributed by atoms with Gasteiger partial charge in [0.15, 0.2) is 5.69 Å². The summed E-state index contributed by atoms with van der Waals surface area (Å²) in [6.45, 7) is 6.21. The van der Waals surface area contributed by atoms with E-state index in [1.165, 1.54) is 11.3 Å². The quantitative estimate of drug-likeness (QED) is 0.475. The minimum absolute atomic E-state index is 1.02. The Hall–Kier alpha value is -1.31. The SMILES string of the molecule is Cc1ccc2nc(C)cc(C)[n+]2c1.[O-][Cl+3]([O-])([O-])[O-]. The van der Waals surface area contributed by atoms with Gasteiger partial charge >= 0.3 is 5.65 Å². The molecule has 0 aliphatic carbocycles. The molecule has 0 atom stereocenters. The molecule has 98 valence electrons. The predicted octanol–water partition coefficient (Wildman–Crippen LogP) is -3.01. The maximum atomic E-state index is 8.49. The van der Waals surface area contributed by atoms with Crippen LogP contribution in [0.25, 0.3) is 5.65 Å². The molecule has 0 aromatic carbocycles. The van der Waals surface area contributed by atoms with E-state index in [1.54, 1.807) is 0 Å². The van der Waals surface area contributed by atoms with Crippen LogP contribution in [0.3, 0.4) is 0 Å². The summed E-state index contributed by atoms with van der Waals surface area (Å²) in [5.74, 6) is 0. The fourth-order valence-electron chi connectivity index (χ4n) is 1.56. The van der Waals surface area contributed by atoms with Crippen LogP contribution in [0.4, 0.5) is 0 Å². The van der Waals surface area contributed by atoms with E-state index in [1.807, 2.05) is 6.92 Å². The van der Waals surface area contributed by atoms with E-state index < -0.39 is 10.2 Å². The molecule has 6 nitrogen and oxygen atoms in total. The van der Waals surface area contributed by atoms with E-state index in [0.717, 1.165) is 11.3 Å². The molecule has 7 heteroatoms. The Bertz CT molecular complexity index is 548. The van der Waals surface area contributed by atoms with Crippen LogP contribution in [0.15, 0.2) is 24.4 Å². The van der Waals surface area contributed by atoms with Crippen molar-refractivity contribution >= 4 is 5.65 Å². The van der Waals surface area contributed by atoms with E-state index >= 15 is 0 Å².